The maximum Gasteiger partial charge on any atom is 0.244 e. The number of aromatic nitrogens is 3. The standard InChI is InChI=1S/C24H24N4O2S/c1-16-4-7-19(12-17(16)2)26-23(29)14-28-22-13-25-11-10-21(22)27-24(28)31-15-18-5-8-20(30-3)9-6-18/h4-13H,14-15H2,1-3H3,(H,26,29). The molecule has 0 aliphatic rings. The van der Waals surface area contributed by atoms with Crippen LogP contribution in [-0.4, -0.2) is 27.6 Å². The molecule has 0 unspecified atom stereocenters. The number of rotatable bonds is 7. The molecule has 0 saturated heterocycles. The van der Waals surface area contributed by atoms with Crippen LogP contribution in [0.25, 0.3) is 11.0 Å². The normalized spacial score (nSPS) is 10.9. The average molecular weight is 433 g/mol. The number of ether oxygens (including phenoxy) is 1. The molecule has 31 heavy (non-hydrogen) atoms. The first-order valence-electron chi connectivity index (χ1n) is 9.96. The number of nitrogens with one attached hydrogen (secondary N) is 1. The summed E-state index contributed by atoms with van der Waals surface area (Å²) < 4.78 is 7.15. The number of pyridine rings is 1. The number of nitrogens with zero attached hydrogens (tertiary/aromatic N) is 3. The highest BCUT2D eigenvalue weighted by atomic mass is 32.2. The van der Waals surface area contributed by atoms with Gasteiger partial charge in [-0.1, -0.05) is 30.0 Å². The first-order valence-corrected chi connectivity index (χ1v) is 10.9. The molecule has 4 aromatic rings. The summed E-state index contributed by atoms with van der Waals surface area (Å²) in [5, 5.41) is 3.78. The second kappa shape index (κ2) is 9.22. The zero-order valence-corrected chi connectivity index (χ0v) is 18.6. The van der Waals surface area contributed by atoms with Gasteiger partial charge in [-0.15, -0.1) is 0 Å². The zero-order valence-electron chi connectivity index (χ0n) is 17.8. The van der Waals surface area contributed by atoms with E-state index in [9.17, 15) is 4.79 Å². The predicted molar refractivity (Wildman–Crippen MR) is 125 cm³/mol. The Hall–Kier alpha value is -3.32. The fourth-order valence-corrected chi connectivity index (χ4v) is 4.21. The summed E-state index contributed by atoms with van der Waals surface area (Å²) in [5.41, 5.74) is 5.96. The van der Waals surface area contributed by atoms with Crippen LogP contribution >= 0.6 is 11.8 Å². The Morgan fingerprint density at radius 2 is 1.90 bits per heavy atom. The quantitative estimate of drug-likeness (QED) is 0.417. The third-order valence-electron chi connectivity index (χ3n) is 5.13. The second-order valence-electron chi connectivity index (χ2n) is 7.33. The minimum absolute atomic E-state index is 0.0993. The van der Waals surface area contributed by atoms with Gasteiger partial charge in [-0.2, -0.15) is 0 Å². The molecule has 0 saturated carbocycles. The number of thioether (sulfide) groups is 1. The maximum absolute atomic E-state index is 12.8. The lowest BCUT2D eigenvalue weighted by Crippen LogP contribution is -2.19. The number of fused-ring (bicyclic) bond motifs is 1. The van der Waals surface area contributed by atoms with Gasteiger partial charge in [-0.05, 0) is 60.9 Å². The predicted octanol–water partition coefficient (Wildman–Crippen LogP) is 4.99. The molecule has 0 bridgehead atoms. The Labute approximate surface area is 185 Å². The molecular weight excluding hydrogens is 408 g/mol. The number of hydrogen-bond acceptors (Lipinski definition) is 5. The number of hydrogen-bond donors (Lipinski definition) is 1. The van der Waals surface area contributed by atoms with E-state index in [1.807, 2.05) is 60.0 Å². The van der Waals surface area contributed by atoms with Crippen molar-refractivity contribution in [1.29, 1.82) is 0 Å². The molecule has 0 radical (unpaired) electrons. The highest BCUT2D eigenvalue weighted by Gasteiger charge is 2.15. The first kappa shape index (κ1) is 20.9. The molecule has 4 rings (SSSR count). The summed E-state index contributed by atoms with van der Waals surface area (Å²) in [6.45, 7) is 4.26. The molecule has 0 fully saturated rings. The number of aryl methyl sites for hydroxylation is 2. The van der Waals surface area contributed by atoms with E-state index in [0.717, 1.165) is 44.5 Å². The molecule has 2 aromatic carbocycles. The molecule has 6 nitrogen and oxygen atoms in total. The van der Waals surface area contributed by atoms with Crippen LogP contribution in [0.15, 0.2) is 66.1 Å². The van der Waals surface area contributed by atoms with Gasteiger partial charge in [0.25, 0.3) is 0 Å². The number of amides is 1. The van der Waals surface area contributed by atoms with Gasteiger partial charge in [0, 0.05) is 17.6 Å². The third-order valence-corrected chi connectivity index (χ3v) is 6.18. The van der Waals surface area contributed by atoms with Gasteiger partial charge < -0.3 is 14.6 Å². The molecule has 2 aromatic heterocycles. The SMILES string of the molecule is COc1ccc(CSc2nc3ccncc3n2CC(=O)Nc2ccc(C)c(C)c2)cc1. The monoisotopic (exact) mass is 432 g/mol. The summed E-state index contributed by atoms with van der Waals surface area (Å²) >= 11 is 1.60. The lowest BCUT2D eigenvalue weighted by Gasteiger charge is -2.11. The van der Waals surface area contributed by atoms with E-state index in [4.69, 9.17) is 9.72 Å². The molecule has 1 N–H and O–H groups in total. The van der Waals surface area contributed by atoms with Gasteiger partial charge in [-0.3, -0.25) is 9.78 Å². The molecule has 7 heteroatoms. The van der Waals surface area contributed by atoms with Crippen molar-refractivity contribution in [3.8, 4) is 5.75 Å². The van der Waals surface area contributed by atoms with Crippen molar-refractivity contribution < 1.29 is 9.53 Å². The van der Waals surface area contributed by atoms with Crippen molar-refractivity contribution >= 4 is 34.4 Å². The maximum atomic E-state index is 12.8. The van der Waals surface area contributed by atoms with Gasteiger partial charge in [0.2, 0.25) is 5.91 Å². The van der Waals surface area contributed by atoms with Crippen molar-refractivity contribution in [1.82, 2.24) is 14.5 Å². The zero-order chi connectivity index (χ0) is 21.8. The number of carbonyl (C=O) groups excluding carboxylic acids is 1. The fraction of sp³-hybridized carbons (Fsp3) is 0.208. The molecule has 0 spiro atoms. The summed E-state index contributed by atoms with van der Waals surface area (Å²) in [5.74, 6) is 1.47. The number of benzene rings is 2. The minimum atomic E-state index is -0.0993. The van der Waals surface area contributed by atoms with E-state index >= 15 is 0 Å². The average Bonchev–Trinajstić information content (AvgIpc) is 3.12. The Morgan fingerprint density at radius 3 is 2.65 bits per heavy atom. The second-order valence-corrected chi connectivity index (χ2v) is 8.27. The number of anilines is 1. The van der Waals surface area contributed by atoms with Crippen molar-refractivity contribution in [3.63, 3.8) is 0 Å². The molecule has 0 aliphatic carbocycles. The van der Waals surface area contributed by atoms with E-state index < -0.39 is 0 Å². The van der Waals surface area contributed by atoms with Crippen LogP contribution in [0.5, 0.6) is 5.75 Å². The summed E-state index contributed by atoms with van der Waals surface area (Å²) in [6, 6.07) is 15.7. The summed E-state index contributed by atoms with van der Waals surface area (Å²) in [6.07, 6.45) is 3.47. The summed E-state index contributed by atoms with van der Waals surface area (Å²) in [4.78, 5) is 21.8. The Balaban J connectivity index is 1.53. The van der Waals surface area contributed by atoms with Crippen LogP contribution in [0.3, 0.4) is 0 Å². The Bertz CT molecular complexity index is 1220. The van der Waals surface area contributed by atoms with Crippen molar-refractivity contribution in [3.05, 3.63) is 77.6 Å². The van der Waals surface area contributed by atoms with E-state index in [0.29, 0.717) is 0 Å². The number of methoxy groups -OCH3 is 1. The van der Waals surface area contributed by atoms with Crippen LogP contribution in [-0.2, 0) is 17.1 Å². The minimum Gasteiger partial charge on any atom is -0.497 e. The topological polar surface area (TPSA) is 69.0 Å². The molecule has 0 aliphatic heterocycles. The van der Waals surface area contributed by atoms with Gasteiger partial charge in [0.1, 0.15) is 12.3 Å². The van der Waals surface area contributed by atoms with Gasteiger partial charge in [-0.25, -0.2) is 4.98 Å². The van der Waals surface area contributed by atoms with Gasteiger partial charge >= 0.3 is 0 Å². The van der Waals surface area contributed by atoms with Crippen LogP contribution in [0.4, 0.5) is 5.69 Å². The largest absolute Gasteiger partial charge is 0.497 e. The number of carbonyl (C=O) groups is 1. The molecule has 1 amide bonds. The lowest BCUT2D eigenvalue weighted by molar-refractivity contribution is -0.116. The lowest BCUT2D eigenvalue weighted by atomic mass is 10.1. The van der Waals surface area contributed by atoms with E-state index in [-0.39, 0.29) is 12.5 Å². The van der Waals surface area contributed by atoms with Crippen LogP contribution in [0, 0.1) is 13.8 Å². The highest BCUT2D eigenvalue weighted by Crippen LogP contribution is 2.27. The van der Waals surface area contributed by atoms with Crippen molar-refractivity contribution in [2.75, 3.05) is 12.4 Å². The van der Waals surface area contributed by atoms with Gasteiger partial charge in [0.05, 0.1) is 24.3 Å². The van der Waals surface area contributed by atoms with Crippen molar-refractivity contribution in [2.24, 2.45) is 0 Å². The Kier molecular flexibility index (Phi) is 6.23. The first-order chi connectivity index (χ1) is 15.0. The van der Waals surface area contributed by atoms with E-state index in [1.54, 1.807) is 31.3 Å². The highest BCUT2D eigenvalue weighted by molar-refractivity contribution is 7.98. The molecule has 158 valence electrons. The van der Waals surface area contributed by atoms with E-state index in [1.165, 1.54) is 5.56 Å². The van der Waals surface area contributed by atoms with Crippen LogP contribution in [0.2, 0.25) is 0 Å². The van der Waals surface area contributed by atoms with Crippen LogP contribution < -0.4 is 10.1 Å². The molecular formula is C24H24N4O2S. The van der Waals surface area contributed by atoms with Gasteiger partial charge in [0.15, 0.2) is 5.16 Å². The number of imidazole rings is 1. The fourth-order valence-electron chi connectivity index (χ4n) is 3.24. The van der Waals surface area contributed by atoms with Crippen LogP contribution in [0.1, 0.15) is 16.7 Å². The Morgan fingerprint density at radius 1 is 1.10 bits per heavy atom. The smallest absolute Gasteiger partial charge is 0.244 e. The van der Waals surface area contributed by atoms with E-state index in [2.05, 4.69) is 17.2 Å². The molecule has 0 atom stereocenters. The molecule has 2 heterocycles. The third kappa shape index (κ3) is 4.88. The van der Waals surface area contributed by atoms with Crippen molar-refractivity contribution in [2.45, 2.75) is 31.3 Å². The summed E-state index contributed by atoms with van der Waals surface area (Å²) in [7, 11) is 1.66.